The monoisotopic (exact) mass is 299 g/mol. The highest BCUT2D eigenvalue weighted by Gasteiger charge is 2.19. The predicted molar refractivity (Wildman–Crippen MR) is 72.3 cm³/mol. The first-order valence-electron chi connectivity index (χ1n) is 6.01. The lowest BCUT2D eigenvalue weighted by atomic mass is 10.2. The minimum Gasteiger partial charge on any atom is -0.395 e. The van der Waals surface area contributed by atoms with Crippen molar-refractivity contribution < 1.29 is 5.11 Å². The van der Waals surface area contributed by atoms with E-state index in [1.807, 2.05) is 12.1 Å². The summed E-state index contributed by atoms with van der Waals surface area (Å²) in [4.78, 5) is 6.51. The van der Waals surface area contributed by atoms with Crippen molar-refractivity contribution in [3.8, 4) is 0 Å². The quantitative estimate of drug-likeness (QED) is 0.863. The van der Waals surface area contributed by atoms with Gasteiger partial charge in [0.1, 0.15) is 5.82 Å². The molecule has 94 valence electrons. The third-order valence-corrected chi connectivity index (χ3v) is 3.63. The van der Waals surface area contributed by atoms with Gasteiger partial charge in [0.15, 0.2) is 0 Å². The van der Waals surface area contributed by atoms with E-state index in [0.717, 1.165) is 23.4 Å². The molecule has 0 amide bonds. The Hall–Kier alpha value is -0.650. The van der Waals surface area contributed by atoms with Crippen molar-refractivity contribution in [2.24, 2.45) is 0 Å². The van der Waals surface area contributed by atoms with E-state index < -0.39 is 0 Å². The van der Waals surface area contributed by atoms with E-state index in [2.05, 4.69) is 31.1 Å². The molecule has 17 heavy (non-hydrogen) atoms. The fourth-order valence-electron chi connectivity index (χ4n) is 2.19. The van der Waals surface area contributed by atoms with Gasteiger partial charge in [0.05, 0.1) is 11.1 Å². The summed E-state index contributed by atoms with van der Waals surface area (Å²) >= 11 is 3.51. The van der Waals surface area contributed by atoms with Gasteiger partial charge in [-0.05, 0) is 47.4 Å². The van der Waals surface area contributed by atoms with Crippen molar-refractivity contribution >= 4 is 21.7 Å². The number of nitrogens with one attached hydrogen (secondary N) is 1. The Bertz CT molecular complexity index is 355. The molecule has 0 aliphatic carbocycles. The molecule has 0 radical (unpaired) electrons. The van der Waals surface area contributed by atoms with Crippen LogP contribution in [0.25, 0.3) is 0 Å². The molecule has 4 nitrogen and oxygen atoms in total. The largest absolute Gasteiger partial charge is 0.395 e. The lowest BCUT2D eigenvalue weighted by molar-refractivity contribution is 0.300. The van der Waals surface area contributed by atoms with Crippen LogP contribution in [0.4, 0.5) is 5.82 Å². The van der Waals surface area contributed by atoms with Gasteiger partial charge in [0.2, 0.25) is 0 Å². The van der Waals surface area contributed by atoms with Gasteiger partial charge in [-0.3, -0.25) is 0 Å². The molecular weight excluding hydrogens is 282 g/mol. The summed E-state index contributed by atoms with van der Waals surface area (Å²) in [5.74, 6) is 0.912. The molecule has 1 aliphatic heterocycles. The molecule has 0 bridgehead atoms. The third kappa shape index (κ3) is 3.40. The zero-order valence-electron chi connectivity index (χ0n) is 9.77. The van der Waals surface area contributed by atoms with E-state index in [4.69, 9.17) is 5.11 Å². The van der Waals surface area contributed by atoms with Gasteiger partial charge in [0, 0.05) is 25.3 Å². The Kier molecular flexibility index (Phi) is 4.76. The van der Waals surface area contributed by atoms with Crippen LogP contribution in [-0.2, 0) is 0 Å². The average Bonchev–Trinajstić information content (AvgIpc) is 2.82. The molecule has 0 aromatic carbocycles. The molecule has 1 saturated heterocycles. The molecule has 1 aliphatic rings. The van der Waals surface area contributed by atoms with Crippen LogP contribution in [0.1, 0.15) is 12.8 Å². The van der Waals surface area contributed by atoms with Gasteiger partial charge < -0.3 is 15.3 Å². The topological polar surface area (TPSA) is 48.4 Å². The number of halogens is 1. The number of hydrogen-bond donors (Lipinski definition) is 2. The molecule has 2 rings (SSSR count). The highest BCUT2D eigenvalue weighted by Crippen LogP contribution is 2.23. The van der Waals surface area contributed by atoms with E-state index in [-0.39, 0.29) is 6.61 Å². The summed E-state index contributed by atoms with van der Waals surface area (Å²) in [6, 6.07) is 4.39. The summed E-state index contributed by atoms with van der Waals surface area (Å²) in [6.07, 6.45) is 4.22. The number of aromatic nitrogens is 1. The Morgan fingerprint density at radius 3 is 3.12 bits per heavy atom. The van der Waals surface area contributed by atoms with Crippen LogP contribution in [0.3, 0.4) is 0 Å². The Morgan fingerprint density at radius 1 is 1.59 bits per heavy atom. The number of rotatable bonds is 5. The summed E-state index contributed by atoms with van der Waals surface area (Å²) in [5, 5.41) is 12.6. The predicted octanol–water partition coefficient (Wildman–Crippen LogP) is 1.39. The molecule has 2 N–H and O–H groups in total. The molecule has 1 atom stereocenters. The van der Waals surface area contributed by atoms with Crippen LogP contribution in [0.2, 0.25) is 0 Å². The van der Waals surface area contributed by atoms with E-state index >= 15 is 0 Å². The molecule has 2 heterocycles. The molecule has 0 saturated carbocycles. The van der Waals surface area contributed by atoms with Gasteiger partial charge in [-0.15, -0.1) is 0 Å². The Morgan fingerprint density at radius 2 is 2.47 bits per heavy atom. The van der Waals surface area contributed by atoms with Crippen LogP contribution < -0.4 is 10.2 Å². The molecular formula is C12H18BrN3O. The van der Waals surface area contributed by atoms with Crippen molar-refractivity contribution in [3.63, 3.8) is 0 Å². The second-order valence-electron chi connectivity index (χ2n) is 4.27. The smallest absolute Gasteiger partial charge is 0.142 e. The fourth-order valence-corrected chi connectivity index (χ4v) is 2.70. The van der Waals surface area contributed by atoms with Crippen molar-refractivity contribution in [2.75, 3.05) is 31.1 Å². The van der Waals surface area contributed by atoms with Crippen LogP contribution in [-0.4, -0.2) is 42.4 Å². The third-order valence-electron chi connectivity index (χ3n) is 3.01. The summed E-state index contributed by atoms with van der Waals surface area (Å²) in [5.41, 5.74) is 0. The molecule has 1 fully saturated rings. The first kappa shape index (κ1) is 12.8. The molecule has 1 aromatic rings. The Balaban J connectivity index is 2.08. The number of hydrogen-bond acceptors (Lipinski definition) is 4. The van der Waals surface area contributed by atoms with Crippen LogP contribution in [0.15, 0.2) is 22.8 Å². The Labute approximate surface area is 110 Å². The summed E-state index contributed by atoms with van der Waals surface area (Å²) in [6.45, 7) is 2.76. The van der Waals surface area contributed by atoms with Gasteiger partial charge >= 0.3 is 0 Å². The highest BCUT2D eigenvalue weighted by molar-refractivity contribution is 9.10. The maximum absolute atomic E-state index is 9.16. The van der Waals surface area contributed by atoms with Crippen molar-refractivity contribution in [1.29, 1.82) is 0 Å². The molecule has 1 unspecified atom stereocenters. The summed E-state index contributed by atoms with van der Waals surface area (Å²) in [7, 11) is 0. The van der Waals surface area contributed by atoms with E-state index in [1.54, 1.807) is 6.20 Å². The maximum Gasteiger partial charge on any atom is 0.142 e. The molecule has 0 spiro atoms. The van der Waals surface area contributed by atoms with Gasteiger partial charge in [-0.25, -0.2) is 4.98 Å². The number of aliphatic hydroxyl groups excluding tert-OH is 1. The maximum atomic E-state index is 9.16. The number of nitrogens with zero attached hydrogens (tertiary/aromatic N) is 2. The standard InChI is InChI=1S/C12H18BrN3O/c13-11-4-2-6-15-12(11)16(7-8-17)9-10-3-1-5-14-10/h2,4,6,10,14,17H,1,3,5,7-9H2. The van der Waals surface area contributed by atoms with Crippen LogP contribution in [0, 0.1) is 0 Å². The van der Waals surface area contributed by atoms with Gasteiger partial charge in [-0.2, -0.15) is 0 Å². The summed E-state index contributed by atoms with van der Waals surface area (Å²) < 4.78 is 0.978. The van der Waals surface area contributed by atoms with Gasteiger partial charge in [-0.1, -0.05) is 0 Å². The second-order valence-corrected chi connectivity index (χ2v) is 5.13. The number of anilines is 1. The highest BCUT2D eigenvalue weighted by atomic mass is 79.9. The lowest BCUT2D eigenvalue weighted by Gasteiger charge is -2.26. The first-order chi connectivity index (χ1) is 8.31. The SMILES string of the molecule is OCCN(CC1CCCN1)c1ncccc1Br. The zero-order valence-corrected chi connectivity index (χ0v) is 11.4. The normalized spacial score (nSPS) is 19.5. The average molecular weight is 300 g/mol. The number of aliphatic hydroxyl groups is 1. The second kappa shape index (κ2) is 6.33. The molecule has 5 heteroatoms. The van der Waals surface area contributed by atoms with Crippen LogP contribution >= 0.6 is 15.9 Å². The van der Waals surface area contributed by atoms with Gasteiger partial charge in [0.25, 0.3) is 0 Å². The minimum atomic E-state index is 0.149. The zero-order chi connectivity index (χ0) is 12.1. The first-order valence-corrected chi connectivity index (χ1v) is 6.80. The minimum absolute atomic E-state index is 0.149. The number of pyridine rings is 1. The van der Waals surface area contributed by atoms with Crippen LogP contribution in [0.5, 0.6) is 0 Å². The van der Waals surface area contributed by atoms with E-state index in [9.17, 15) is 0 Å². The van der Waals surface area contributed by atoms with Crippen molar-refractivity contribution in [2.45, 2.75) is 18.9 Å². The lowest BCUT2D eigenvalue weighted by Crippen LogP contribution is -2.39. The fraction of sp³-hybridized carbons (Fsp3) is 0.583. The molecule has 1 aromatic heterocycles. The van der Waals surface area contributed by atoms with E-state index in [0.29, 0.717) is 12.6 Å². The van der Waals surface area contributed by atoms with Crippen molar-refractivity contribution in [3.05, 3.63) is 22.8 Å². The van der Waals surface area contributed by atoms with E-state index in [1.165, 1.54) is 12.8 Å². The van der Waals surface area contributed by atoms with Crippen molar-refractivity contribution in [1.82, 2.24) is 10.3 Å².